The van der Waals surface area contributed by atoms with E-state index in [1.54, 1.807) is 30.3 Å². The summed E-state index contributed by atoms with van der Waals surface area (Å²) in [4.78, 5) is 12.8. The molecule has 29 heavy (non-hydrogen) atoms. The zero-order valence-electron chi connectivity index (χ0n) is 15.8. The fourth-order valence-electron chi connectivity index (χ4n) is 2.93. The van der Waals surface area contributed by atoms with Gasteiger partial charge < -0.3 is 9.47 Å². The van der Waals surface area contributed by atoms with Crippen LogP contribution in [0.3, 0.4) is 0 Å². The summed E-state index contributed by atoms with van der Waals surface area (Å²) in [5.74, 6) is 0.403. The van der Waals surface area contributed by atoms with Gasteiger partial charge >= 0.3 is 5.69 Å². The summed E-state index contributed by atoms with van der Waals surface area (Å²) >= 11 is 0. The van der Waals surface area contributed by atoms with Crippen LogP contribution in [0.2, 0.25) is 0 Å². The van der Waals surface area contributed by atoms with E-state index in [2.05, 4.69) is 9.62 Å². The van der Waals surface area contributed by atoms with Crippen molar-refractivity contribution in [2.75, 3.05) is 39.4 Å². The first-order valence-corrected chi connectivity index (χ1v) is 10.8. The van der Waals surface area contributed by atoms with E-state index < -0.39 is 20.6 Å². The van der Waals surface area contributed by atoms with Crippen molar-refractivity contribution in [2.24, 2.45) is 0 Å². The van der Waals surface area contributed by atoms with Crippen LogP contribution >= 0.6 is 0 Å². The maximum absolute atomic E-state index is 12.5. The van der Waals surface area contributed by atoms with Crippen molar-refractivity contribution in [1.29, 1.82) is 0 Å². The second kappa shape index (κ2) is 9.79. The molecule has 0 bridgehead atoms. The first kappa shape index (κ1) is 21.2. The summed E-state index contributed by atoms with van der Waals surface area (Å²) in [6.07, 6.45) is 0.635. The Morgan fingerprint density at radius 3 is 2.55 bits per heavy atom. The van der Waals surface area contributed by atoms with E-state index >= 15 is 0 Å². The number of nitro benzene ring substituents is 1. The third kappa shape index (κ3) is 5.97. The van der Waals surface area contributed by atoms with Crippen molar-refractivity contribution in [3.8, 4) is 11.5 Å². The molecule has 3 rings (SSSR count). The molecule has 10 heteroatoms. The Morgan fingerprint density at radius 2 is 1.86 bits per heavy atom. The number of hydrogen-bond donors (Lipinski definition) is 1. The fourth-order valence-corrected chi connectivity index (χ4v) is 4.02. The van der Waals surface area contributed by atoms with Crippen molar-refractivity contribution in [3.05, 3.63) is 58.6 Å². The molecule has 0 atom stereocenters. The largest absolute Gasteiger partial charge is 0.450 e. The number of nitrogens with zero attached hydrogens (tertiary/aromatic N) is 2. The van der Waals surface area contributed by atoms with Gasteiger partial charge in [-0.25, -0.2) is 13.1 Å². The van der Waals surface area contributed by atoms with Gasteiger partial charge in [-0.3, -0.25) is 15.0 Å². The van der Waals surface area contributed by atoms with Crippen LogP contribution in [0, 0.1) is 10.1 Å². The van der Waals surface area contributed by atoms with E-state index in [4.69, 9.17) is 9.47 Å². The molecule has 1 aliphatic rings. The van der Waals surface area contributed by atoms with Crippen LogP contribution in [0.4, 0.5) is 5.69 Å². The number of morpholine rings is 1. The number of ether oxygens (including phenoxy) is 2. The standard InChI is InChI=1S/C19H23N3O6S/c23-22(24)18-15-17(7-8-19(18)28-16-5-2-1-3-6-16)29(25,26)20-9-4-10-21-11-13-27-14-12-21/h1-3,5-8,15,20H,4,9-14H2. The molecule has 1 heterocycles. The number of nitro groups is 1. The Hall–Kier alpha value is -2.53. The van der Waals surface area contributed by atoms with Crippen LogP contribution in [-0.4, -0.2) is 57.6 Å². The SMILES string of the molecule is O=[N+]([O-])c1cc(S(=O)(=O)NCCCN2CCOCC2)ccc1Oc1ccccc1. The highest BCUT2D eigenvalue weighted by molar-refractivity contribution is 7.89. The zero-order valence-corrected chi connectivity index (χ0v) is 16.6. The number of hydrogen-bond acceptors (Lipinski definition) is 7. The van der Waals surface area contributed by atoms with Crippen LogP contribution in [0.25, 0.3) is 0 Å². The molecular weight excluding hydrogens is 398 g/mol. The van der Waals surface area contributed by atoms with E-state index in [1.165, 1.54) is 12.1 Å². The summed E-state index contributed by atoms with van der Waals surface area (Å²) in [7, 11) is -3.86. The van der Waals surface area contributed by atoms with Gasteiger partial charge in [-0.1, -0.05) is 18.2 Å². The molecule has 2 aromatic rings. The van der Waals surface area contributed by atoms with Gasteiger partial charge in [0, 0.05) is 25.7 Å². The molecule has 1 saturated heterocycles. The maximum Gasteiger partial charge on any atom is 0.312 e. The molecule has 0 radical (unpaired) electrons. The third-order valence-electron chi connectivity index (χ3n) is 4.46. The lowest BCUT2D eigenvalue weighted by molar-refractivity contribution is -0.385. The van der Waals surface area contributed by atoms with Crippen LogP contribution in [0.15, 0.2) is 53.4 Å². The Bertz CT molecular complexity index is 930. The molecular formula is C19H23N3O6S. The summed E-state index contributed by atoms with van der Waals surface area (Å²) in [5.41, 5.74) is -0.412. The second-order valence-corrected chi connectivity index (χ2v) is 8.27. The number of benzene rings is 2. The van der Waals surface area contributed by atoms with Crippen molar-refractivity contribution in [1.82, 2.24) is 9.62 Å². The van der Waals surface area contributed by atoms with E-state index in [0.29, 0.717) is 25.4 Å². The Labute approximate surface area is 169 Å². The predicted molar refractivity (Wildman–Crippen MR) is 107 cm³/mol. The van der Waals surface area contributed by atoms with Crippen LogP contribution < -0.4 is 9.46 Å². The molecule has 0 aromatic heterocycles. The van der Waals surface area contributed by atoms with E-state index in [0.717, 1.165) is 25.7 Å². The van der Waals surface area contributed by atoms with Crippen molar-refractivity contribution in [2.45, 2.75) is 11.3 Å². The minimum Gasteiger partial charge on any atom is -0.450 e. The highest BCUT2D eigenvalue weighted by atomic mass is 32.2. The van der Waals surface area contributed by atoms with Gasteiger partial charge in [-0.15, -0.1) is 0 Å². The molecule has 156 valence electrons. The van der Waals surface area contributed by atoms with Gasteiger partial charge in [0.1, 0.15) is 5.75 Å². The van der Waals surface area contributed by atoms with Crippen molar-refractivity contribution < 1.29 is 22.8 Å². The molecule has 1 fully saturated rings. The normalized spacial score (nSPS) is 15.2. The molecule has 0 saturated carbocycles. The quantitative estimate of drug-likeness (QED) is 0.376. The van der Waals surface area contributed by atoms with Crippen molar-refractivity contribution >= 4 is 15.7 Å². The highest BCUT2D eigenvalue weighted by Gasteiger charge is 2.22. The number of para-hydroxylation sites is 1. The van der Waals surface area contributed by atoms with E-state index in [1.807, 2.05) is 0 Å². The topological polar surface area (TPSA) is 111 Å². The molecule has 0 unspecified atom stereocenters. The zero-order chi connectivity index (χ0) is 20.7. The molecule has 2 aromatic carbocycles. The van der Waals surface area contributed by atoms with Crippen molar-refractivity contribution in [3.63, 3.8) is 0 Å². The first-order valence-electron chi connectivity index (χ1n) is 9.27. The van der Waals surface area contributed by atoms with Crippen LogP contribution in [0.5, 0.6) is 11.5 Å². The maximum atomic E-state index is 12.5. The molecule has 0 amide bonds. The molecule has 9 nitrogen and oxygen atoms in total. The van der Waals surface area contributed by atoms with Gasteiger partial charge in [0.15, 0.2) is 0 Å². The minimum absolute atomic E-state index is 0.0209. The van der Waals surface area contributed by atoms with Gasteiger partial charge in [-0.05, 0) is 37.2 Å². The first-order chi connectivity index (χ1) is 14.0. The molecule has 1 aliphatic heterocycles. The third-order valence-corrected chi connectivity index (χ3v) is 5.91. The molecule has 0 aliphatic carbocycles. The summed E-state index contributed by atoms with van der Waals surface area (Å²) in [6.45, 7) is 4.05. The lowest BCUT2D eigenvalue weighted by Crippen LogP contribution is -2.38. The lowest BCUT2D eigenvalue weighted by atomic mass is 10.3. The summed E-state index contributed by atoms with van der Waals surface area (Å²) < 4.78 is 38.3. The summed E-state index contributed by atoms with van der Waals surface area (Å²) in [6, 6.07) is 12.2. The number of rotatable bonds is 9. The fraction of sp³-hybridized carbons (Fsp3) is 0.368. The minimum atomic E-state index is -3.86. The Balaban J connectivity index is 1.65. The average molecular weight is 421 g/mol. The van der Waals surface area contributed by atoms with Gasteiger partial charge in [0.2, 0.25) is 15.8 Å². The number of nitrogens with one attached hydrogen (secondary N) is 1. The van der Waals surface area contributed by atoms with Gasteiger partial charge in [0.25, 0.3) is 0 Å². The van der Waals surface area contributed by atoms with E-state index in [9.17, 15) is 18.5 Å². The Morgan fingerprint density at radius 1 is 1.14 bits per heavy atom. The van der Waals surface area contributed by atoms with E-state index in [-0.39, 0.29) is 17.2 Å². The summed E-state index contributed by atoms with van der Waals surface area (Å²) in [5, 5.41) is 11.4. The van der Waals surface area contributed by atoms with Gasteiger partial charge in [-0.2, -0.15) is 0 Å². The van der Waals surface area contributed by atoms with Crippen LogP contribution in [0.1, 0.15) is 6.42 Å². The smallest absolute Gasteiger partial charge is 0.312 e. The monoisotopic (exact) mass is 421 g/mol. The second-order valence-electron chi connectivity index (χ2n) is 6.51. The molecule has 1 N–H and O–H groups in total. The van der Waals surface area contributed by atoms with Crippen LogP contribution in [-0.2, 0) is 14.8 Å². The highest BCUT2D eigenvalue weighted by Crippen LogP contribution is 2.33. The lowest BCUT2D eigenvalue weighted by Gasteiger charge is -2.26. The number of sulfonamides is 1. The Kier molecular flexibility index (Phi) is 7.15. The average Bonchev–Trinajstić information content (AvgIpc) is 2.73. The predicted octanol–water partition coefficient (Wildman–Crippen LogP) is 2.39. The molecule has 0 spiro atoms. The van der Waals surface area contributed by atoms with Gasteiger partial charge in [0.05, 0.1) is 23.0 Å².